The number of aryl methyl sites for hydroxylation is 1. The number of likely N-dealkylation sites (N-methyl/N-ethyl adjacent to an activating group) is 2. The minimum Gasteiger partial charge on any atom is -0.358 e. The summed E-state index contributed by atoms with van der Waals surface area (Å²) in [6.45, 7) is 1.49. The molecule has 1 rings (SSSR count). The van der Waals surface area contributed by atoms with Crippen molar-refractivity contribution in [2.24, 2.45) is 0 Å². The van der Waals surface area contributed by atoms with E-state index in [1.54, 1.807) is 14.1 Å². The Morgan fingerprint density at radius 1 is 1.42 bits per heavy atom. The molecule has 0 aromatic carbocycles. The topological polar surface area (TPSA) is 113 Å². The van der Waals surface area contributed by atoms with Crippen LogP contribution < -0.4 is 15.5 Å². The molecule has 0 aliphatic carbocycles. The van der Waals surface area contributed by atoms with Crippen LogP contribution in [-0.2, 0) is 4.79 Å². The van der Waals surface area contributed by atoms with Crippen LogP contribution in [0.4, 0.5) is 17.5 Å². The van der Waals surface area contributed by atoms with Gasteiger partial charge in [0.2, 0.25) is 17.7 Å². The van der Waals surface area contributed by atoms with Crippen LogP contribution in [0.5, 0.6) is 0 Å². The summed E-state index contributed by atoms with van der Waals surface area (Å²) in [7, 11) is 4.67. The van der Waals surface area contributed by atoms with Crippen molar-refractivity contribution < 1.29 is 9.72 Å². The molecule has 1 aromatic rings. The van der Waals surface area contributed by atoms with Gasteiger partial charge in [0.15, 0.2) is 0 Å². The molecule has 104 valence electrons. The Bertz CT molecular complexity index is 504. The van der Waals surface area contributed by atoms with E-state index in [4.69, 9.17) is 0 Å². The van der Waals surface area contributed by atoms with Gasteiger partial charge in [0.1, 0.15) is 5.69 Å². The number of aromatic nitrogens is 2. The van der Waals surface area contributed by atoms with E-state index in [9.17, 15) is 14.9 Å². The number of rotatable bonds is 5. The molecule has 1 heterocycles. The maximum absolute atomic E-state index is 11.3. The Labute approximate surface area is 110 Å². The monoisotopic (exact) mass is 268 g/mol. The average molecular weight is 268 g/mol. The summed E-state index contributed by atoms with van der Waals surface area (Å²) < 4.78 is 0. The molecule has 0 fully saturated rings. The zero-order chi connectivity index (χ0) is 14.6. The maximum atomic E-state index is 11.3. The van der Waals surface area contributed by atoms with Crippen molar-refractivity contribution in [1.82, 2.24) is 15.3 Å². The zero-order valence-corrected chi connectivity index (χ0v) is 11.2. The van der Waals surface area contributed by atoms with Crippen LogP contribution in [0.1, 0.15) is 5.69 Å². The smallest absolute Gasteiger partial charge is 0.332 e. The molecule has 19 heavy (non-hydrogen) atoms. The predicted molar refractivity (Wildman–Crippen MR) is 70.3 cm³/mol. The van der Waals surface area contributed by atoms with E-state index in [-0.39, 0.29) is 35.6 Å². The van der Waals surface area contributed by atoms with Crippen molar-refractivity contribution >= 4 is 23.4 Å². The van der Waals surface area contributed by atoms with E-state index in [2.05, 4.69) is 20.6 Å². The van der Waals surface area contributed by atoms with Gasteiger partial charge in [0.25, 0.3) is 0 Å². The van der Waals surface area contributed by atoms with E-state index in [1.165, 1.54) is 18.9 Å². The normalized spacial score (nSPS) is 9.89. The molecule has 0 spiro atoms. The van der Waals surface area contributed by atoms with Crippen LogP contribution in [-0.4, -0.2) is 48.5 Å². The number of nitrogens with zero attached hydrogens (tertiary/aromatic N) is 4. The second-order valence-electron chi connectivity index (χ2n) is 3.84. The van der Waals surface area contributed by atoms with Gasteiger partial charge in [-0.1, -0.05) is 0 Å². The fourth-order valence-corrected chi connectivity index (χ4v) is 1.51. The lowest BCUT2D eigenvalue weighted by Gasteiger charge is -2.18. The Morgan fingerprint density at radius 2 is 2.05 bits per heavy atom. The first kappa shape index (κ1) is 14.6. The summed E-state index contributed by atoms with van der Waals surface area (Å²) in [6, 6.07) is 0. The lowest BCUT2D eigenvalue weighted by Crippen LogP contribution is -2.34. The molecule has 0 unspecified atom stereocenters. The quantitative estimate of drug-likeness (QED) is 0.567. The lowest BCUT2D eigenvalue weighted by atomic mass is 10.3. The highest BCUT2D eigenvalue weighted by molar-refractivity contribution is 5.81. The standard InChI is InChI=1S/C10H16N6O3/c1-6-8(16(18)19)9(14-10(12-3)13-6)15(4)5-7(17)11-2/h5H2,1-4H3,(H,11,17)(H,12,13,14). The zero-order valence-electron chi connectivity index (χ0n) is 11.2. The summed E-state index contributed by atoms with van der Waals surface area (Å²) in [5.74, 6) is 0.103. The number of nitro groups is 1. The first-order chi connectivity index (χ1) is 8.90. The van der Waals surface area contributed by atoms with Gasteiger partial charge in [-0.25, -0.2) is 4.98 Å². The van der Waals surface area contributed by atoms with Gasteiger partial charge in [-0.3, -0.25) is 14.9 Å². The van der Waals surface area contributed by atoms with Gasteiger partial charge in [0, 0.05) is 21.1 Å². The average Bonchev–Trinajstić information content (AvgIpc) is 2.36. The third-order valence-corrected chi connectivity index (χ3v) is 2.47. The Hall–Kier alpha value is -2.45. The third-order valence-electron chi connectivity index (χ3n) is 2.47. The maximum Gasteiger partial charge on any atom is 0.332 e. The highest BCUT2D eigenvalue weighted by Gasteiger charge is 2.25. The van der Waals surface area contributed by atoms with Crippen molar-refractivity contribution in [2.75, 3.05) is 37.9 Å². The highest BCUT2D eigenvalue weighted by Crippen LogP contribution is 2.28. The number of carbonyl (C=O) groups excluding carboxylic acids is 1. The number of hydrogen-bond acceptors (Lipinski definition) is 7. The largest absolute Gasteiger partial charge is 0.358 e. The second kappa shape index (κ2) is 5.94. The molecule has 2 N–H and O–H groups in total. The number of anilines is 2. The third kappa shape index (κ3) is 3.27. The van der Waals surface area contributed by atoms with Crippen LogP contribution in [0.15, 0.2) is 0 Å². The Kier molecular flexibility index (Phi) is 4.56. The molecule has 0 bridgehead atoms. The van der Waals surface area contributed by atoms with Gasteiger partial charge in [-0.15, -0.1) is 0 Å². The summed E-state index contributed by atoms with van der Waals surface area (Å²) in [6.07, 6.45) is 0. The molecule has 0 saturated carbocycles. The van der Waals surface area contributed by atoms with Crippen LogP contribution in [0.3, 0.4) is 0 Å². The fourth-order valence-electron chi connectivity index (χ4n) is 1.51. The van der Waals surface area contributed by atoms with Crippen molar-refractivity contribution in [2.45, 2.75) is 6.92 Å². The Balaban J connectivity index is 3.26. The van der Waals surface area contributed by atoms with Crippen molar-refractivity contribution in [1.29, 1.82) is 0 Å². The molecule has 1 aromatic heterocycles. The minimum atomic E-state index is -0.551. The van der Waals surface area contributed by atoms with Crippen LogP contribution in [0.25, 0.3) is 0 Å². The second-order valence-corrected chi connectivity index (χ2v) is 3.84. The minimum absolute atomic E-state index is 0.0308. The van der Waals surface area contributed by atoms with Gasteiger partial charge >= 0.3 is 5.69 Å². The number of amides is 1. The van der Waals surface area contributed by atoms with Gasteiger partial charge in [-0.2, -0.15) is 4.98 Å². The molecule has 9 heteroatoms. The van der Waals surface area contributed by atoms with E-state index in [1.807, 2.05) is 0 Å². The number of nitrogens with one attached hydrogen (secondary N) is 2. The van der Waals surface area contributed by atoms with Gasteiger partial charge < -0.3 is 15.5 Å². The summed E-state index contributed by atoms with van der Waals surface area (Å²) in [4.78, 5) is 31.3. The molecule has 1 amide bonds. The molecule has 0 aliphatic rings. The van der Waals surface area contributed by atoms with E-state index < -0.39 is 4.92 Å². The van der Waals surface area contributed by atoms with Crippen LogP contribution in [0, 0.1) is 17.0 Å². The van der Waals surface area contributed by atoms with E-state index in [0.29, 0.717) is 0 Å². The van der Waals surface area contributed by atoms with Crippen LogP contribution in [0.2, 0.25) is 0 Å². The molecular formula is C10H16N6O3. The summed E-state index contributed by atoms with van der Waals surface area (Å²) in [5.41, 5.74) is 0.0357. The van der Waals surface area contributed by atoms with Crippen molar-refractivity contribution in [3.05, 3.63) is 15.8 Å². The molecule has 9 nitrogen and oxygen atoms in total. The van der Waals surface area contributed by atoms with Gasteiger partial charge in [-0.05, 0) is 6.92 Å². The van der Waals surface area contributed by atoms with E-state index >= 15 is 0 Å². The summed E-state index contributed by atoms with van der Waals surface area (Å²) >= 11 is 0. The fraction of sp³-hybridized carbons (Fsp3) is 0.500. The molecular weight excluding hydrogens is 252 g/mol. The molecule has 0 radical (unpaired) electrons. The first-order valence-electron chi connectivity index (χ1n) is 5.53. The Morgan fingerprint density at radius 3 is 2.53 bits per heavy atom. The van der Waals surface area contributed by atoms with Crippen molar-refractivity contribution in [3.63, 3.8) is 0 Å². The number of hydrogen-bond donors (Lipinski definition) is 2. The lowest BCUT2D eigenvalue weighted by molar-refractivity contribution is -0.385. The van der Waals surface area contributed by atoms with Crippen LogP contribution >= 0.6 is 0 Å². The first-order valence-corrected chi connectivity index (χ1v) is 5.53. The summed E-state index contributed by atoms with van der Waals surface area (Å²) in [5, 5.41) is 16.3. The molecule has 0 atom stereocenters. The van der Waals surface area contributed by atoms with E-state index in [0.717, 1.165) is 0 Å². The number of carbonyl (C=O) groups is 1. The highest BCUT2D eigenvalue weighted by atomic mass is 16.6. The predicted octanol–water partition coefficient (Wildman–Crippen LogP) is -0.0829. The van der Waals surface area contributed by atoms with Gasteiger partial charge in [0.05, 0.1) is 11.5 Å². The SMILES string of the molecule is CNC(=O)CN(C)c1nc(NC)nc(C)c1[N+](=O)[O-]. The van der Waals surface area contributed by atoms with Crippen molar-refractivity contribution in [3.8, 4) is 0 Å². The molecule has 0 saturated heterocycles. The molecule has 0 aliphatic heterocycles.